The fourth-order valence-electron chi connectivity index (χ4n) is 0.789. The molecule has 3 heteroatoms. The average molecular weight is 172 g/mol. The van der Waals surface area contributed by atoms with Gasteiger partial charge in [0, 0.05) is 11.1 Å². The zero-order valence-electron chi connectivity index (χ0n) is 6.30. The molecule has 1 aromatic rings. The van der Waals surface area contributed by atoms with E-state index in [-0.39, 0.29) is 0 Å². The topological polar surface area (TPSA) is 35.2 Å². The second-order valence-corrected chi connectivity index (χ2v) is 2.55. The van der Waals surface area contributed by atoms with E-state index in [4.69, 9.17) is 22.1 Å². The highest BCUT2D eigenvalue weighted by molar-refractivity contribution is 6.30. The quantitative estimate of drug-likeness (QED) is 0.694. The zero-order valence-corrected chi connectivity index (χ0v) is 7.06. The van der Waals surface area contributed by atoms with Crippen LogP contribution in [-0.4, -0.2) is 6.61 Å². The minimum absolute atomic E-state index is 0.602. The summed E-state index contributed by atoms with van der Waals surface area (Å²) >= 11 is 5.72. The molecule has 0 bridgehead atoms. The molecule has 0 saturated carbocycles. The number of halogens is 1. The van der Waals surface area contributed by atoms with E-state index in [9.17, 15) is 0 Å². The molecule has 0 atom stereocenters. The zero-order chi connectivity index (χ0) is 8.27. The molecule has 0 saturated heterocycles. The molecule has 2 N–H and O–H groups in total. The van der Waals surface area contributed by atoms with Gasteiger partial charge in [-0.2, -0.15) is 0 Å². The van der Waals surface area contributed by atoms with Crippen LogP contribution in [0.3, 0.4) is 0 Å². The number of rotatable bonds is 2. The summed E-state index contributed by atoms with van der Waals surface area (Å²) in [7, 11) is 0. The first kappa shape index (κ1) is 8.21. The van der Waals surface area contributed by atoms with Crippen LogP contribution in [0.4, 0.5) is 5.69 Å². The van der Waals surface area contributed by atoms with E-state index in [0.717, 1.165) is 0 Å². The van der Waals surface area contributed by atoms with Gasteiger partial charge in [-0.3, -0.25) is 0 Å². The molecule has 11 heavy (non-hydrogen) atoms. The number of anilines is 1. The molecule has 0 aliphatic heterocycles. The Morgan fingerprint density at radius 2 is 2.27 bits per heavy atom. The summed E-state index contributed by atoms with van der Waals surface area (Å²) in [6.45, 7) is 2.50. The van der Waals surface area contributed by atoms with Gasteiger partial charge in [0.25, 0.3) is 0 Å². The summed E-state index contributed by atoms with van der Waals surface area (Å²) < 4.78 is 5.21. The van der Waals surface area contributed by atoms with Crippen molar-refractivity contribution in [3.63, 3.8) is 0 Å². The molecule has 0 heterocycles. The molecular formula is C8H10ClNO. The third kappa shape index (κ3) is 2.02. The summed E-state index contributed by atoms with van der Waals surface area (Å²) in [6, 6.07) is 5.17. The maximum atomic E-state index is 5.72. The summed E-state index contributed by atoms with van der Waals surface area (Å²) in [4.78, 5) is 0. The van der Waals surface area contributed by atoms with Gasteiger partial charge in [0.05, 0.1) is 12.3 Å². The number of nitrogens with two attached hydrogens (primary N) is 1. The fourth-order valence-corrected chi connectivity index (χ4v) is 0.951. The highest BCUT2D eigenvalue weighted by Gasteiger charge is 1.98. The summed E-state index contributed by atoms with van der Waals surface area (Å²) in [5.74, 6) is 0.653. The largest absolute Gasteiger partial charge is 0.492 e. The maximum absolute atomic E-state index is 5.72. The summed E-state index contributed by atoms with van der Waals surface area (Å²) in [6.07, 6.45) is 0. The smallest absolute Gasteiger partial charge is 0.143 e. The van der Waals surface area contributed by atoms with Gasteiger partial charge < -0.3 is 10.5 Å². The Morgan fingerprint density at radius 1 is 1.55 bits per heavy atom. The van der Waals surface area contributed by atoms with Gasteiger partial charge in [-0.15, -0.1) is 0 Å². The van der Waals surface area contributed by atoms with Gasteiger partial charge in [0.15, 0.2) is 0 Å². The number of hydrogen-bond acceptors (Lipinski definition) is 2. The van der Waals surface area contributed by atoms with Crippen LogP contribution in [0.5, 0.6) is 5.75 Å². The van der Waals surface area contributed by atoms with Gasteiger partial charge in [0.2, 0.25) is 0 Å². The van der Waals surface area contributed by atoms with Crippen LogP contribution >= 0.6 is 11.6 Å². The van der Waals surface area contributed by atoms with Crippen molar-refractivity contribution in [1.82, 2.24) is 0 Å². The van der Waals surface area contributed by atoms with E-state index < -0.39 is 0 Å². The Hall–Kier alpha value is -0.890. The maximum Gasteiger partial charge on any atom is 0.143 e. The minimum atomic E-state index is 0.602. The Balaban J connectivity index is 2.93. The molecule has 2 nitrogen and oxygen atoms in total. The van der Waals surface area contributed by atoms with Crippen molar-refractivity contribution in [1.29, 1.82) is 0 Å². The molecule has 0 radical (unpaired) electrons. The Labute approximate surface area is 70.9 Å². The molecule has 0 aromatic heterocycles. The molecule has 0 aliphatic carbocycles. The van der Waals surface area contributed by atoms with Crippen LogP contribution in [0, 0.1) is 0 Å². The van der Waals surface area contributed by atoms with Gasteiger partial charge in [-0.05, 0) is 19.1 Å². The number of nitrogen functional groups attached to an aromatic ring is 1. The predicted octanol–water partition coefficient (Wildman–Crippen LogP) is 2.32. The second-order valence-electron chi connectivity index (χ2n) is 2.12. The first-order chi connectivity index (χ1) is 5.24. The average Bonchev–Trinajstić information content (AvgIpc) is 1.98. The van der Waals surface area contributed by atoms with Gasteiger partial charge >= 0.3 is 0 Å². The van der Waals surface area contributed by atoms with E-state index in [1.165, 1.54) is 0 Å². The molecule has 0 unspecified atom stereocenters. The predicted molar refractivity (Wildman–Crippen MR) is 47.0 cm³/mol. The Morgan fingerprint density at radius 3 is 2.91 bits per heavy atom. The lowest BCUT2D eigenvalue weighted by atomic mass is 10.3. The molecule has 0 amide bonds. The first-order valence-electron chi connectivity index (χ1n) is 3.42. The molecule has 1 aromatic carbocycles. The number of benzene rings is 1. The standard InChI is InChI=1S/C8H10ClNO/c1-2-11-8-5-6(9)3-4-7(8)10/h3-5H,2,10H2,1H3. The fraction of sp³-hybridized carbons (Fsp3) is 0.250. The summed E-state index contributed by atoms with van der Waals surface area (Å²) in [5.41, 5.74) is 6.21. The highest BCUT2D eigenvalue weighted by Crippen LogP contribution is 2.24. The van der Waals surface area contributed by atoms with E-state index in [2.05, 4.69) is 0 Å². The monoisotopic (exact) mass is 171 g/mol. The molecular weight excluding hydrogens is 162 g/mol. The molecule has 1 rings (SSSR count). The van der Waals surface area contributed by atoms with Crippen molar-refractivity contribution in [2.24, 2.45) is 0 Å². The van der Waals surface area contributed by atoms with E-state index in [1.54, 1.807) is 18.2 Å². The van der Waals surface area contributed by atoms with Crippen LogP contribution in [0.25, 0.3) is 0 Å². The van der Waals surface area contributed by atoms with Gasteiger partial charge in [-0.1, -0.05) is 11.6 Å². The molecule has 60 valence electrons. The highest BCUT2D eigenvalue weighted by atomic mass is 35.5. The lowest BCUT2D eigenvalue weighted by molar-refractivity contribution is 0.342. The van der Waals surface area contributed by atoms with Crippen LogP contribution in [0.2, 0.25) is 5.02 Å². The molecule has 0 aliphatic rings. The van der Waals surface area contributed by atoms with Crippen molar-refractivity contribution in [2.75, 3.05) is 12.3 Å². The third-order valence-corrected chi connectivity index (χ3v) is 1.51. The minimum Gasteiger partial charge on any atom is -0.492 e. The van der Waals surface area contributed by atoms with Crippen molar-refractivity contribution in [3.05, 3.63) is 23.2 Å². The number of hydrogen-bond donors (Lipinski definition) is 1. The van der Waals surface area contributed by atoms with Crippen LogP contribution in [-0.2, 0) is 0 Å². The van der Waals surface area contributed by atoms with Crippen molar-refractivity contribution < 1.29 is 4.74 Å². The first-order valence-corrected chi connectivity index (χ1v) is 3.79. The lowest BCUT2D eigenvalue weighted by Gasteiger charge is -2.05. The van der Waals surface area contributed by atoms with Crippen LogP contribution in [0.1, 0.15) is 6.92 Å². The van der Waals surface area contributed by atoms with Crippen molar-refractivity contribution in [3.8, 4) is 5.75 Å². The van der Waals surface area contributed by atoms with Crippen molar-refractivity contribution >= 4 is 17.3 Å². The van der Waals surface area contributed by atoms with Gasteiger partial charge in [-0.25, -0.2) is 0 Å². The molecule has 0 spiro atoms. The van der Waals surface area contributed by atoms with E-state index in [0.29, 0.717) is 23.1 Å². The Kier molecular flexibility index (Phi) is 2.60. The normalized spacial score (nSPS) is 9.64. The van der Waals surface area contributed by atoms with Crippen LogP contribution in [0.15, 0.2) is 18.2 Å². The van der Waals surface area contributed by atoms with Crippen molar-refractivity contribution in [2.45, 2.75) is 6.92 Å². The number of ether oxygens (including phenoxy) is 1. The van der Waals surface area contributed by atoms with Crippen LogP contribution < -0.4 is 10.5 Å². The summed E-state index contributed by atoms with van der Waals surface area (Å²) in [5, 5.41) is 0.641. The van der Waals surface area contributed by atoms with Gasteiger partial charge in [0.1, 0.15) is 5.75 Å². The molecule has 0 fully saturated rings. The lowest BCUT2D eigenvalue weighted by Crippen LogP contribution is -1.96. The van der Waals surface area contributed by atoms with E-state index in [1.807, 2.05) is 6.92 Å². The Bertz CT molecular complexity index is 250. The van der Waals surface area contributed by atoms with E-state index >= 15 is 0 Å². The third-order valence-electron chi connectivity index (χ3n) is 1.28. The second kappa shape index (κ2) is 3.49. The SMILES string of the molecule is CCOc1cc(Cl)ccc1N.